The van der Waals surface area contributed by atoms with Crippen LogP contribution in [0.25, 0.3) is 0 Å². The van der Waals surface area contributed by atoms with E-state index in [4.69, 9.17) is 23.1 Å². The molecule has 0 spiro atoms. The fraction of sp³-hybridized carbons (Fsp3) is 0.400. The van der Waals surface area contributed by atoms with Crippen molar-refractivity contribution in [2.45, 2.75) is 18.9 Å². The van der Waals surface area contributed by atoms with Gasteiger partial charge in [0.2, 0.25) is 0 Å². The smallest absolute Gasteiger partial charge is 0.0417 e. The van der Waals surface area contributed by atoms with Crippen LogP contribution in [0.15, 0.2) is 22.7 Å². The Kier molecular flexibility index (Phi) is 4.89. The van der Waals surface area contributed by atoms with Crippen LogP contribution in [0.2, 0.25) is 5.02 Å². The number of benzene rings is 1. The van der Waals surface area contributed by atoms with Crippen molar-refractivity contribution in [3.05, 3.63) is 33.3 Å². The van der Waals surface area contributed by atoms with Gasteiger partial charge in [-0.3, -0.25) is 0 Å². The summed E-state index contributed by atoms with van der Waals surface area (Å²) in [5.74, 6) is 0. The molecular weight excluding hydrogens is 263 g/mol. The molecule has 0 amide bonds. The lowest BCUT2D eigenvalue weighted by Gasteiger charge is -2.13. The van der Waals surface area contributed by atoms with Crippen molar-refractivity contribution in [2.24, 2.45) is 11.5 Å². The quantitative estimate of drug-likeness (QED) is 0.889. The molecule has 1 atom stereocenters. The zero-order valence-electron chi connectivity index (χ0n) is 7.84. The number of hydrogen-bond acceptors (Lipinski definition) is 2. The Balaban J connectivity index is 2.74. The summed E-state index contributed by atoms with van der Waals surface area (Å²) in [6, 6.07) is 5.70. The molecule has 0 heterocycles. The predicted molar refractivity (Wildman–Crippen MR) is 64.4 cm³/mol. The average molecular weight is 278 g/mol. The average Bonchev–Trinajstić information content (AvgIpc) is 2.14. The highest BCUT2D eigenvalue weighted by molar-refractivity contribution is 9.10. The topological polar surface area (TPSA) is 52.0 Å². The van der Waals surface area contributed by atoms with Gasteiger partial charge in [-0.2, -0.15) is 0 Å². The van der Waals surface area contributed by atoms with E-state index in [0.29, 0.717) is 11.6 Å². The van der Waals surface area contributed by atoms with Crippen molar-refractivity contribution < 1.29 is 0 Å². The van der Waals surface area contributed by atoms with Gasteiger partial charge < -0.3 is 11.5 Å². The lowest BCUT2D eigenvalue weighted by Crippen LogP contribution is -2.13. The van der Waals surface area contributed by atoms with Gasteiger partial charge in [-0.15, -0.1) is 0 Å². The van der Waals surface area contributed by atoms with E-state index in [1.165, 1.54) is 0 Å². The third-order valence-electron chi connectivity index (χ3n) is 2.08. The highest BCUT2D eigenvalue weighted by atomic mass is 79.9. The molecule has 0 aromatic heterocycles. The van der Waals surface area contributed by atoms with Crippen molar-refractivity contribution in [3.63, 3.8) is 0 Å². The Morgan fingerprint density at radius 2 is 2.14 bits per heavy atom. The first-order valence-corrected chi connectivity index (χ1v) is 5.73. The van der Waals surface area contributed by atoms with Crippen molar-refractivity contribution in [2.75, 3.05) is 6.54 Å². The van der Waals surface area contributed by atoms with Crippen molar-refractivity contribution in [1.82, 2.24) is 0 Å². The van der Waals surface area contributed by atoms with Crippen molar-refractivity contribution in [1.29, 1.82) is 0 Å². The molecule has 1 aromatic carbocycles. The van der Waals surface area contributed by atoms with Crippen LogP contribution >= 0.6 is 27.5 Å². The van der Waals surface area contributed by atoms with Crippen LogP contribution < -0.4 is 11.5 Å². The Morgan fingerprint density at radius 3 is 2.71 bits per heavy atom. The van der Waals surface area contributed by atoms with Gasteiger partial charge >= 0.3 is 0 Å². The third kappa shape index (κ3) is 3.24. The summed E-state index contributed by atoms with van der Waals surface area (Å²) in [6.07, 6.45) is 1.84. The van der Waals surface area contributed by atoms with Crippen LogP contribution in [-0.2, 0) is 0 Å². The van der Waals surface area contributed by atoms with Crippen LogP contribution in [-0.4, -0.2) is 6.54 Å². The fourth-order valence-corrected chi connectivity index (χ4v) is 2.27. The maximum Gasteiger partial charge on any atom is 0.0417 e. The summed E-state index contributed by atoms with van der Waals surface area (Å²) in [6.45, 7) is 0.679. The molecule has 0 fully saturated rings. The van der Waals surface area contributed by atoms with E-state index in [9.17, 15) is 0 Å². The van der Waals surface area contributed by atoms with E-state index < -0.39 is 0 Å². The van der Waals surface area contributed by atoms with E-state index in [2.05, 4.69) is 15.9 Å². The Hall–Kier alpha value is -0.0900. The molecule has 78 valence electrons. The molecule has 0 aliphatic carbocycles. The van der Waals surface area contributed by atoms with Gasteiger partial charge in [0.1, 0.15) is 0 Å². The van der Waals surface area contributed by atoms with Crippen LogP contribution in [0.5, 0.6) is 0 Å². The van der Waals surface area contributed by atoms with E-state index in [-0.39, 0.29) is 6.04 Å². The second-order valence-corrected chi connectivity index (χ2v) is 4.49. The van der Waals surface area contributed by atoms with E-state index >= 15 is 0 Å². The zero-order valence-corrected chi connectivity index (χ0v) is 10.2. The van der Waals surface area contributed by atoms with Gasteiger partial charge in [0.15, 0.2) is 0 Å². The normalized spacial score (nSPS) is 12.9. The summed E-state index contributed by atoms with van der Waals surface area (Å²) in [5, 5.41) is 0.714. The van der Waals surface area contributed by atoms with E-state index in [1.54, 1.807) is 0 Å². The van der Waals surface area contributed by atoms with Gasteiger partial charge in [-0.1, -0.05) is 33.6 Å². The standard InChI is InChI=1S/C10H14BrClN2/c11-9-6-7(12)3-4-8(9)10(14)2-1-5-13/h3-4,6,10H,1-2,5,13-14H2/t10-/m0/s1. The molecule has 2 nitrogen and oxygen atoms in total. The maximum atomic E-state index is 6.00. The van der Waals surface area contributed by atoms with E-state index in [0.717, 1.165) is 22.9 Å². The van der Waals surface area contributed by atoms with Crippen LogP contribution in [0, 0.1) is 0 Å². The monoisotopic (exact) mass is 276 g/mol. The van der Waals surface area contributed by atoms with Crippen LogP contribution in [0.4, 0.5) is 0 Å². The van der Waals surface area contributed by atoms with E-state index in [1.807, 2.05) is 18.2 Å². The fourth-order valence-electron chi connectivity index (χ4n) is 1.30. The minimum atomic E-state index is 0.0326. The molecule has 0 saturated carbocycles. The molecule has 1 rings (SSSR count). The summed E-state index contributed by atoms with van der Waals surface area (Å²) in [5.41, 5.74) is 12.5. The van der Waals surface area contributed by atoms with Gasteiger partial charge in [-0.05, 0) is 37.1 Å². The molecule has 0 aliphatic rings. The first-order chi connectivity index (χ1) is 6.65. The maximum absolute atomic E-state index is 6.00. The van der Waals surface area contributed by atoms with Gasteiger partial charge in [-0.25, -0.2) is 0 Å². The molecule has 0 aliphatic heterocycles. The summed E-state index contributed by atoms with van der Waals surface area (Å²) >= 11 is 9.28. The largest absolute Gasteiger partial charge is 0.330 e. The first-order valence-electron chi connectivity index (χ1n) is 4.55. The number of nitrogens with two attached hydrogens (primary N) is 2. The summed E-state index contributed by atoms with van der Waals surface area (Å²) in [7, 11) is 0. The molecule has 4 N–H and O–H groups in total. The number of hydrogen-bond donors (Lipinski definition) is 2. The number of rotatable bonds is 4. The highest BCUT2D eigenvalue weighted by Gasteiger charge is 2.09. The summed E-state index contributed by atoms with van der Waals surface area (Å²) < 4.78 is 0.967. The minimum Gasteiger partial charge on any atom is -0.330 e. The van der Waals surface area contributed by atoms with Gasteiger partial charge in [0.25, 0.3) is 0 Å². The molecule has 0 saturated heterocycles. The van der Waals surface area contributed by atoms with Crippen molar-refractivity contribution in [3.8, 4) is 0 Å². The molecular formula is C10H14BrClN2. The summed E-state index contributed by atoms with van der Waals surface area (Å²) in [4.78, 5) is 0. The number of halogens is 2. The SMILES string of the molecule is NCCC[C@H](N)c1ccc(Cl)cc1Br. The minimum absolute atomic E-state index is 0.0326. The Labute approximate surface area is 97.7 Å². The second kappa shape index (κ2) is 5.71. The Bertz CT molecular complexity index is 304. The lowest BCUT2D eigenvalue weighted by molar-refractivity contribution is 0.616. The molecule has 0 radical (unpaired) electrons. The second-order valence-electron chi connectivity index (χ2n) is 3.20. The Morgan fingerprint density at radius 1 is 1.43 bits per heavy atom. The lowest BCUT2D eigenvalue weighted by atomic mass is 10.0. The van der Waals surface area contributed by atoms with Crippen LogP contribution in [0.1, 0.15) is 24.4 Å². The van der Waals surface area contributed by atoms with Gasteiger partial charge in [0.05, 0.1) is 0 Å². The molecule has 14 heavy (non-hydrogen) atoms. The molecule has 0 bridgehead atoms. The van der Waals surface area contributed by atoms with Crippen molar-refractivity contribution >= 4 is 27.5 Å². The molecule has 0 unspecified atom stereocenters. The highest BCUT2D eigenvalue weighted by Crippen LogP contribution is 2.27. The first kappa shape index (κ1) is 12.0. The molecule has 4 heteroatoms. The molecule has 1 aromatic rings. The predicted octanol–water partition coefficient (Wildman–Crippen LogP) is 2.84. The van der Waals surface area contributed by atoms with Crippen LogP contribution in [0.3, 0.4) is 0 Å². The van der Waals surface area contributed by atoms with Gasteiger partial charge in [0, 0.05) is 15.5 Å². The third-order valence-corrected chi connectivity index (χ3v) is 3.00. The zero-order chi connectivity index (χ0) is 10.6.